The van der Waals surface area contributed by atoms with Gasteiger partial charge in [-0.2, -0.15) is 0 Å². The van der Waals surface area contributed by atoms with Crippen molar-refractivity contribution in [1.82, 2.24) is 9.97 Å². The van der Waals surface area contributed by atoms with Crippen LogP contribution < -0.4 is 5.32 Å². The highest BCUT2D eigenvalue weighted by Gasteiger charge is 2.17. The maximum Gasteiger partial charge on any atom is 0.276 e. The second kappa shape index (κ2) is 9.13. The van der Waals surface area contributed by atoms with Gasteiger partial charge in [-0.15, -0.1) is 0 Å². The quantitative estimate of drug-likeness (QED) is 0.222. The summed E-state index contributed by atoms with van der Waals surface area (Å²) in [6.07, 6.45) is 1.38. The lowest BCUT2D eigenvalue weighted by Gasteiger charge is -2.09. The molecule has 0 unspecified atom stereocenters. The Labute approximate surface area is 177 Å². The number of carbonyl (C=O) groups excluding carboxylic acids is 1. The first-order valence-electron chi connectivity index (χ1n) is 7.88. The average Bonchev–Trinajstić information content (AvgIpc) is 2.69. The lowest BCUT2D eigenvalue weighted by molar-refractivity contribution is -0.384. The molecule has 1 N–H and O–H groups in total. The number of nitrogens with one attached hydrogen (secondary N) is 1. The predicted octanol–water partition coefficient (Wildman–Crippen LogP) is 5.35. The number of amides is 1. The molecule has 0 bridgehead atoms. The van der Waals surface area contributed by atoms with Gasteiger partial charge in [0.2, 0.25) is 0 Å². The van der Waals surface area contributed by atoms with Crippen molar-refractivity contribution in [1.29, 1.82) is 0 Å². The van der Waals surface area contributed by atoms with Gasteiger partial charge in [-0.1, -0.05) is 53.7 Å². The number of anilines is 1. The number of non-ortho nitro benzene ring substituents is 1. The van der Waals surface area contributed by atoms with Gasteiger partial charge in [-0.3, -0.25) is 14.9 Å². The molecular weight excluding hydrogens is 468 g/mol. The van der Waals surface area contributed by atoms with Gasteiger partial charge in [-0.25, -0.2) is 9.97 Å². The Hall–Kier alpha value is -2.49. The lowest BCUT2D eigenvalue weighted by atomic mass is 10.2. The topological polar surface area (TPSA) is 98.0 Å². The zero-order chi connectivity index (χ0) is 20.1. The Morgan fingerprint density at radius 3 is 2.68 bits per heavy atom. The van der Waals surface area contributed by atoms with Gasteiger partial charge in [0.15, 0.2) is 10.9 Å². The Kier molecular flexibility index (Phi) is 6.61. The van der Waals surface area contributed by atoms with Crippen LogP contribution in [-0.2, 0) is 5.75 Å². The molecule has 0 aliphatic heterocycles. The molecule has 28 heavy (non-hydrogen) atoms. The van der Waals surface area contributed by atoms with Crippen LogP contribution in [0.4, 0.5) is 11.4 Å². The Morgan fingerprint density at radius 1 is 1.25 bits per heavy atom. The normalized spacial score (nSPS) is 10.5. The van der Waals surface area contributed by atoms with Crippen LogP contribution in [0, 0.1) is 10.1 Å². The van der Waals surface area contributed by atoms with E-state index in [4.69, 9.17) is 11.6 Å². The highest BCUT2D eigenvalue weighted by Crippen LogP contribution is 2.28. The standard InChI is InChI=1S/C18H12BrClN4O3S/c19-13-8-12(24(26)27)6-7-15(13)22-17(25)16-14(20)9-21-18(23-16)28-10-11-4-2-1-3-5-11/h1-9H,10H2,(H,22,25). The van der Waals surface area contributed by atoms with E-state index in [-0.39, 0.29) is 16.4 Å². The molecule has 0 saturated carbocycles. The highest BCUT2D eigenvalue weighted by atomic mass is 79.9. The van der Waals surface area contributed by atoms with Gasteiger partial charge in [0.1, 0.15) is 0 Å². The molecule has 3 aromatic rings. The molecule has 1 heterocycles. The molecule has 10 heteroatoms. The van der Waals surface area contributed by atoms with E-state index in [2.05, 4.69) is 31.2 Å². The van der Waals surface area contributed by atoms with Gasteiger partial charge in [0, 0.05) is 22.4 Å². The van der Waals surface area contributed by atoms with E-state index in [0.717, 1.165) is 5.56 Å². The molecule has 1 aromatic heterocycles. The number of halogens is 2. The van der Waals surface area contributed by atoms with Gasteiger partial charge < -0.3 is 5.32 Å². The summed E-state index contributed by atoms with van der Waals surface area (Å²) < 4.78 is 0.374. The van der Waals surface area contributed by atoms with Crippen molar-refractivity contribution in [3.8, 4) is 0 Å². The molecule has 142 valence electrons. The maximum absolute atomic E-state index is 12.6. The number of nitro groups is 1. The Morgan fingerprint density at radius 2 is 2.00 bits per heavy atom. The molecule has 0 spiro atoms. The fourth-order valence-corrected chi connectivity index (χ4v) is 3.62. The van der Waals surface area contributed by atoms with Crippen molar-refractivity contribution in [3.63, 3.8) is 0 Å². The van der Waals surface area contributed by atoms with Crippen LogP contribution in [0.5, 0.6) is 0 Å². The third kappa shape index (κ3) is 5.06. The summed E-state index contributed by atoms with van der Waals surface area (Å²) in [5.74, 6) is 0.112. The summed E-state index contributed by atoms with van der Waals surface area (Å²) in [6, 6.07) is 13.8. The molecule has 0 saturated heterocycles. The van der Waals surface area contributed by atoms with E-state index in [9.17, 15) is 14.9 Å². The van der Waals surface area contributed by atoms with Crippen molar-refractivity contribution in [3.05, 3.63) is 85.6 Å². The van der Waals surface area contributed by atoms with Crippen molar-refractivity contribution in [2.45, 2.75) is 10.9 Å². The van der Waals surface area contributed by atoms with Gasteiger partial charge in [0.25, 0.3) is 11.6 Å². The van der Waals surface area contributed by atoms with Gasteiger partial charge >= 0.3 is 0 Å². The van der Waals surface area contributed by atoms with Crippen molar-refractivity contribution < 1.29 is 9.72 Å². The number of nitro benzene ring substituents is 1. The van der Waals surface area contributed by atoms with Crippen molar-refractivity contribution in [2.75, 3.05) is 5.32 Å². The summed E-state index contributed by atoms with van der Waals surface area (Å²) in [6.45, 7) is 0. The third-order valence-electron chi connectivity index (χ3n) is 3.56. The van der Waals surface area contributed by atoms with E-state index in [1.165, 1.54) is 36.2 Å². The molecule has 1 amide bonds. The van der Waals surface area contributed by atoms with E-state index in [0.29, 0.717) is 21.1 Å². The number of thioether (sulfide) groups is 1. The van der Waals surface area contributed by atoms with Crippen LogP contribution in [-0.4, -0.2) is 20.8 Å². The van der Waals surface area contributed by atoms with Crippen LogP contribution in [0.2, 0.25) is 5.02 Å². The lowest BCUT2D eigenvalue weighted by Crippen LogP contribution is -2.15. The fourth-order valence-electron chi connectivity index (χ4n) is 2.20. The first kappa shape index (κ1) is 20.2. The highest BCUT2D eigenvalue weighted by molar-refractivity contribution is 9.10. The SMILES string of the molecule is O=C(Nc1ccc([N+](=O)[O-])cc1Br)c1nc(SCc2ccccc2)ncc1Cl. The molecule has 7 nitrogen and oxygen atoms in total. The largest absolute Gasteiger partial charge is 0.320 e. The molecule has 2 aromatic carbocycles. The number of aromatic nitrogens is 2. The second-order valence-corrected chi connectivity index (χ2v) is 7.70. The van der Waals surface area contributed by atoms with Crippen LogP contribution in [0.1, 0.15) is 16.1 Å². The minimum Gasteiger partial charge on any atom is -0.320 e. The van der Waals surface area contributed by atoms with E-state index >= 15 is 0 Å². The summed E-state index contributed by atoms with van der Waals surface area (Å²) >= 11 is 10.7. The average molecular weight is 480 g/mol. The van der Waals surface area contributed by atoms with E-state index in [1.807, 2.05) is 30.3 Å². The number of carbonyl (C=O) groups is 1. The Bertz CT molecular complexity index is 1040. The van der Waals surface area contributed by atoms with Crippen LogP contribution in [0.15, 0.2) is 64.4 Å². The van der Waals surface area contributed by atoms with E-state index in [1.54, 1.807) is 0 Å². The number of hydrogen-bond acceptors (Lipinski definition) is 6. The second-order valence-electron chi connectivity index (χ2n) is 5.50. The first-order valence-corrected chi connectivity index (χ1v) is 10.0. The first-order chi connectivity index (χ1) is 13.4. The number of hydrogen-bond donors (Lipinski definition) is 1. The van der Waals surface area contributed by atoms with E-state index < -0.39 is 10.8 Å². The molecule has 0 radical (unpaired) electrons. The summed E-state index contributed by atoms with van der Waals surface area (Å²) in [5, 5.41) is 14.0. The van der Waals surface area contributed by atoms with Gasteiger partial charge in [-0.05, 0) is 27.6 Å². The summed E-state index contributed by atoms with van der Waals surface area (Å²) in [7, 11) is 0. The van der Waals surface area contributed by atoms with Crippen molar-refractivity contribution >= 4 is 56.6 Å². The fraction of sp³-hybridized carbons (Fsp3) is 0.0556. The third-order valence-corrected chi connectivity index (χ3v) is 5.42. The molecule has 0 aliphatic carbocycles. The maximum atomic E-state index is 12.6. The van der Waals surface area contributed by atoms with Gasteiger partial charge in [0.05, 0.1) is 21.8 Å². The minimum atomic E-state index is -0.538. The molecular formula is C18H12BrClN4O3S. The molecule has 0 aliphatic rings. The Balaban J connectivity index is 1.75. The molecule has 0 atom stereocenters. The van der Waals surface area contributed by atoms with Crippen LogP contribution >= 0.6 is 39.3 Å². The van der Waals surface area contributed by atoms with Crippen LogP contribution in [0.25, 0.3) is 0 Å². The number of rotatable bonds is 6. The number of nitrogens with zero attached hydrogens (tertiary/aromatic N) is 3. The zero-order valence-corrected chi connectivity index (χ0v) is 17.3. The summed E-state index contributed by atoms with van der Waals surface area (Å²) in [4.78, 5) is 31.3. The zero-order valence-electron chi connectivity index (χ0n) is 14.1. The smallest absolute Gasteiger partial charge is 0.276 e. The molecule has 3 rings (SSSR count). The summed E-state index contributed by atoms with van der Waals surface area (Å²) in [5.41, 5.74) is 1.40. The minimum absolute atomic E-state index is 0.0254. The van der Waals surface area contributed by atoms with Crippen LogP contribution in [0.3, 0.4) is 0 Å². The number of benzene rings is 2. The molecule has 0 fully saturated rings. The van der Waals surface area contributed by atoms with Crippen molar-refractivity contribution in [2.24, 2.45) is 0 Å². The predicted molar refractivity (Wildman–Crippen MR) is 112 cm³/mol. The monoisotopic (exact) mass is 478 g/mol.